The maximum Gasteiger partial charge on any atom is 0.305 e. The van der Waals surface area contributed by atoms with Gasteiger partial charge in [-0.15, -0.1) is 0 Å². The van der Waals surface area contributed by atoms with Crippen LogP contribution in [0.25, 0.3) is 0 Å². The summed E-state index contributed by atoms with van der Waals surface area (Å²) in [7, 11) is 0. The molecule has 0 aliphatic rings. The van der Waals surface area contributed by atoms with Crippen LogP contribution in [-0.2, 0) is 23.7 Å². The van der Waals surface area contributed by atoms with Gasteiger partial charge in [0.1, 0.15) is 0 Å². The van der Waals surface area contributed by atoms with Crippen LogP contribution < -0.4 is 0 Å². The second-order valence-electron chi connectivity index (χ2n) is 17.3. The standard InChI is InChI=1S/C50H101NO6/c1-6-11-15-19-22-24-28-34-48(33-27-23-18-14-9-4)37-39-51(38-29-30-41-52)40-44-54-45-47(10-5)46-57-49(53)35-36-50(55-42-31-25-20-16-12-7-2)56-43-32-26-21-17-13-8-3/h47-48,50,52H,6-46H2,1-5H3. The molecule has 57 heavy (non-hydrogen) atoms. The summed E-state index contributed by atoms with van der Waals surface area (Å²) in [5.74, 6) is 0.840. The van der Waals surface area contributed by atoms with Crippen LogP contribution in [0.15, 0.2) is 0 Å². The van der Waals surface area contributed by atoms with E-state index in [1.165, 1.54) is 161 Å². The van der Waals surface area contributed by atoms with Crippen molar-refractivity contribution >= 4 is 5.97 Å². The van der Waals surface area contributed by atoms with Gasteiger partial charge in [0, 0.05) is 38.7 Å². The van der Waals surface area contributed by atoms with E-state index in [4.69, 9.17) is 18.9 Å². The normalized spacial score (nSPS) is 12.9. The molecule has 0 aliphatic carbocycles. The van der Waals surface area contributed by atoms with Crippen molar-refractivity contribution in [2.75, 3.05) is 59.3 Å². The molecule has 0 heterocycles. The second kappa shape index (κ2) is 46.3. The third-order valence-corrected chi connectivity index (χ3v) is 11.8. The minimum atomic E-state index is -0.337. The van der Waals surface area contributed by atoms with Gasteiger partial charge in [0.15, 0.2) is 6.29 Å². The van der Waals surface area contributed by atoms with Crippen LogP contribution in [-0.4, -0.2) is 81.5 Å². The molecule has 1 N–H and O–H groups in total. The average molecular weight is 812 g/mol. The SMILES string of the molecule is CCCCCCCCCC(CCCCCCC)CCN(CCCCO)CCOCC(CC)COC(=O)CCC(OCCCCCCCC)OCCCCCCCC. The van der Waals surface area contributed by atoms with Gasteiger partial charge in [0.05, 0.1) is 26.2 Å². The van der Waals surface area contributed by atoms with E-state index >= 15 is 0 Å². The van der Waals surface area contributed by atoms with Gasteiger partial charge < -0.3 is 29.0 Å². The summed E-state index contributed by atoms with van der Waals surface area (Å²) in [6.07, 6.45) is 38.5. The lowest BCUT2D eigenvalue weighted by molar-refractivity contribution is -0.160. The van der Waals surface area contributed by atoms with Crippen molar-refractivity contribution in [3.8, 4) is 0 Å². The molecule has 0 rings (SSSR count). The van der Waals surface area contributed by atoms with Crippen molar-refractivity contribution in [3.63, 3.8) is 0 Å². The number of aliphatic hydroxyl groups is 1. The number of nitrogens with zero attached hydrogens (tertiary/aromatic N) is 1. The number of hydrogen-bond donors (Lipinski definition) is 1. The molecule has 7 nitrogen and oxygen atoms in total. The minimum Gasteiger partial charge on any atom is -0.465 e. The first-order chi connectivity index (χ1) is 28.0. The molecule has 0 saturated carbocycles. The molecule has 0 radical (unpaired) electrons. The van der Waals surface area contributed by atoms with Crippen molar-refractivity contribution in [1.82, 2.24) is 4.90 Å². The molecule has 0 saturated heterocycles. The van der Waals surface area contributed by atoms with E-state index in [1.807, 2.05) is 0 Å². The molecule has 0 aliphatic heterocycles. The molecule has 7 heteroatoms. The van der Waals surface area contributed by atoms with Crippen LogP contribution in [0, 0.1) is 11.8 Å². The Morgan fingerprint density at radius 3 is 1.46 bits per heavy atom. The highest BCUT2D eigenvalue weighted by molar-refractivity contribution is 5.69. The lowest BCUT2D eigenvalue weighted by atomic mass is 9.91. The quantitative estimate of drug-likeness (QED) is 0.0372. The highest BCUT2D eigenvalue weighted by Gasteiger charge is 2.17. The lowest BCUT2D eigenvalue weighted by Crippen LogP contribution is -2.32. The summed E-state index contributed by atoms with van der Waals surface area (Å²) in [6, 6.07) is 0. The van der Waals surface area contributed by atoms with E-state index in [1.54, 1.807) is 0 Å². The monoisotopic (exact) mass is 812 g/mol. The summed E-state index contributed by atoms with van der Waals surface area (Å²) in [5, 5.41) is 9.45. The zero-order chi connectivity index (χ0) is 41.7. The number of rotatable bonds is 48. The summed E-state index contributed by atoms with van der Waals surface area (Å²) in [4.78, 5) is 15.4. The fraction of sp³-hybridized carbons (Fsp3) is 0.980. The Hall–Kier alpha value is -0.730. The maximum absolute atomic E-state index is 12.8. The number of unbranched alkanes of at least 4 members (excludes halogenated alkanes) is 21. The number of esters is 1. The molecule has 0 aromatic rings. The number of carbonyl (C=O) groups excluding carboxylic acids is 1. The van der Waals surface area contributed by atoms with Crippen LogP contribution in [0.2, 0.25) is 0 Å². The fourth-order valence-corrected chi connectivity index (χ4v) is 7.66. The number of ether oxygens (including phenoxy) is 4. The highest BCUT2D eigenvalue weighted by Crippen LogP contribution is 2.23. The van der Waals surface area contributed by atoms with E-state index in [-0.39, 0.29) is 24.8 Å². The molecule has 0 aromatic heterocycles. The van der Waals surface area contributed by atoms with Crippen LogP contribution in [0.1, 0.15) is 240 Å². The van der Waals surface area contributed by atoms with Crippen molar-refractivity contribution in [3.05, 3.63) is 0 Å². The van der Waals surface area contributed by atoms with E-state index < -0.39 is 0 Å². The first-order valence-electron chi connectivity index (χ1n) is 25.3. The van der Waals surface area contributed by atoms with Crippen molar-refractivity contribution in [1.29, 1.82) is 0 Å². The van der Waals surface area contributed by atoms with Crippen LogP contribution in [0.5, 0.6) is 0 Å². The fourth-order valence-electron chi connectivity index (χ4n) is 7.66. The lowest BCUT2D eigenvalue weighted by Gasteiger charge is -2.26. The molecular weight excluding hydrogens is 711 g/mol. The first kappa shape index (κ1) is 56.3. The van der Waals surface area contributed by atoms with Gasteiger partial charge >= 0.3 is 5.97 Å². The molecule has 2 atom stereocenters. The maximum atomic E-state index is 12.8. The summed E-state index contributed by atoms with van der Waals surface area (Å²) in [5.41, 5.74) is 0. The Morgan fingerprint density at radius 2 is 0.965 bits per heavy atom. The van der Waals surface area contributed by atoms with Crippen molar-refractivity contribution in [2.24, 2.45) is 11.8 Å². The topological polar surface area (TPSA) is 77.5 Å². The number of hydrogen-bond acceptors (Lipinski definition) is 7. The van der Waals surface area contributed by atoms with E-state index in [9.17, 15) is 9.90 Å². The Labute approximate surface area is 356 Å². The van der Waals surface area contributed by atoms with Crippen molar-refractivity contribution in [2.45, 2.75) is 246 Å². The highest BCUT2D eigenvalue weighted by atomic mass is 16.7. The molecule has 0 spiro atoms. The van der Waals surface area contributed by atoms with Gasteiger partial charge in [-0.25, -0.2) is 0 Å². The molecular formula is C50H101NO6. The van der Waals surface area contributed by atoms with Crippen LogP contribution >= 0.6 is 0 Å². The Kier molecular flexibility index (Phi) is 45.7. The van der Waals surface area contributed by atoms with Gasteiger partial charge in [-0.05, 0) is 57.5 Å². The summed E-state index contributed by atoms with van der Waals surface area (Å²) >= 11 is 0. The summed E-state index contributed by atoms with van der Waals surface area (Å²) < 4.78 is 24.3. The van der Waals surface area contributed by atoms with E-state index in [0.717, 1.165) is 57.7 Å². The van der Waals surface area contributed by atoms with Gasteiger partial charge in [0.25, 0.3) is 0 Å². The first-order valence-corrected chi connectivity index (χ1v) is 25.3. The predicted octanol–water partition coefficient (Wildman–Crippen LogP) is 14.0. The van der Waals surface area contributed by atoms with Crippen LogP contribution in [0.3, 0.4) is 0 Å². The molecule has 2 unspecified atom stereocenters. The third-order valence-electron chi connectivity index (χ3n) is 11.8. The Morgan fingerprint density at radius 1 is 0.474 bits per heavy atom. The predicted molar refractivity (Wildman–Crippen MR) is 244 cm³/mol. The van der Waals surface area contributed by atoms with Gasteiger partial charge in [-0.2, -0.15) is 0 Å². The second-order valence-corrected chi connectivity index (χ2v) is 17.3. The van der Waals surface area contributed by atoms with Gasteiger partial charge in [0.2, 0.25) is 0 Å². The minimum absolute atomic E-state index is 0.170. The zero-order valence-corrected chi connectivity index (χ0v) is 39.2. The number of aliphatic hydroxyl groups excluding tert-OH is 1. The molecule has 0 bridgehead atoms. The molecule has 0 fully saturated rings. The Balaban J connectivity index is 4.77. The molecule has 0 amide bonds. The van der Waals surface area contributed by atoms with Gasteiger partial charge in [-0.1, -0.05) is 189 Å². The number of carbonyl (C=O) groups is 1. The Bertz CT molecular complexity index is 766. The molecule has 342 valence electrons. The summed E-state index contributed by atoms with van der Waals surface area (Å²) in [6.45, 7) is 17.6. The smallest absolute Gasteiger partial charge is 0.305 e. The average Bonchev–Trinajstić information content (AvgIpc) is 3.22. The van der Waals surface area contributed by atoms with E-state index in [2.05, 4.69) is 39.5 Å². The molecule has 0 aromatic carbocycles. The van der Waals surface area contributed by atoms with Crippen LogP contribution in [0.4, 0.5) is 0 Å². The van der Waals surface area contributed by atoms with Gasteiger partial charge in [-0.3, -0.25) is 4.79 Å². The largest absolute Gasteiger partial charge is 0.465 e. The van der Waals surface area contributed by atoms with Crippen molar-refractivity contribution < 1.29 is 28.8 Å². The van der Waals surface area contributed by atoms with E-state index in [0.29, 0.717) is 45.9 Å². The zero-order valence-electron chi connectivity index (χ0n) is 39.2. The third kappa shape index (κ3) is 40.4.